The molecule has 1 heterocycles. The molecular formula is C15H11FN2O2. The molecule has 0 spiro atoms. The van der Waals surface area contributed by atoms with E-state index in [1.165, 1.54) is 12.1 Å². The molecule has 0 unspecified atom stereocenters. The van der Waals surface area contributed by atoms with Crippen LogP contribution in [0.4, 0.5) is 4.39 Å². The van der Waals surface area contributed by atoms with Crippen molar-refractivity contribution < 1.29 is 14.3 Å². The Hall–Kier alpha value is -2.69. The summed E-state index contributed by atoms with van der Waals surface area (Å²) in [5.74, 6) is -1.22. The average Bonchev–Trinajstić information content (AvgIpc) is 2.81. The highest BCUT2D eigenvalue weighted by Crippen LogP contribution is 2.27. The van der Waals surface area contributed by atoms with Crippen LogP contribution in [0.2, 0.25) is 0 Å². The number of hydrogen-bond acceptors (Lipinski definition) is 2. The third-order valence-corrected chi connectivity index (χ3v) is 3.08. The normalized spacial score (nSPS) is 10.8. The summed E-state index contributed by atoms with van der Waals surface area (Å²) >= 11 is 0. The van der Waals surface area contributed by atoms with Crippen LogP contribution in [-0.4, -0.2) is 21.3 Å². The van der Waals surface area contributed by atoms with Crippen molar-refractivity contribution in [1.82, 2.24) is 10.2 Å². The van der Waals surface area contributed by atoms with Crippen LogP contribution >= 0.6 is 0 Å². The van der Waals surface area contributed by atoms with Gasteiger partial charge in [0.1, 0.15) is 11.5 Å². The Kier molecular flexibility index (Phi) is 2.95. The van der Waals surface area contributed by atoms with E-state index >= 15 is 0 Å². The van der Waals surface area contributed by atoms with E-state index in [4.69, 9.17) is 5.11 Å². The molecule has 1 aromatic heterocycles. The van der Waals surface area contributed by atoms with Crippen molar-refractivity contribution in [3.63, 3.8) is 0 Å². The maximum atomic E-state index is 13.3. The Morgan fingerprint density at radius 1 is 1.25 bits per heavy atom. The summed E-state index contributed by atoms with van der Waals surface area (Å²) in [6.07, 6.45) is -0.0519. The fourth-order valence-electron chi connectivity index (χ4n) is 2.20. The van der Waals surface area contributed by atoms with Crippen LogP contribution in [0.25, 0.3) is 22.2 Å². The molecule has 0 radical (unpaired) electrons. The van der Waals surface area contributed by atoms with Gasteiger partial charge in [0.05, 0.1) is 11.9 Å². The first kappa shape index (κ1) is 12.3. The number of hydrogen-bond donors (Lipinski definition) is 2. The Balaban J connectivity index is 2.14. The van der Waals surface area contributed by atoms with Crippen molar-refractivity contribution in [3.05, 3.63) is 53.8 Å². The smallest absolute Gasteiger partial charge is 0.307 e. The molecule has 4 nitrogen and oxygen atoms in total. The molecule has 2 aromatic carbocycles. The Bertz CT molecular complexity index is 795. The molecule has 100 valence electrons. The number of aromatic amines is 1. The van der Waals surface area contributed by atoms with Crippen molar-refractivity contribution in [2.75, 3.05) is 0 Å². The second-order valence-electron chi connectivity index (χ2n) is 4.53. The first-order chi connectivity index (χ1) is 9.63. The van der Waals surface area contributed by atoms with Crippen LogP contribution in [0.3, 0.4) is 0 Å². The molecular weight excluding hydrogens is 259 g/mol. The third kappa shape index (κ3) is 2.25. The molecule has 0 bridgehead atoms. The number of rotatable bonds is 3. The molecule has 0 saturated carbocycles. The highest BCUT2D eigenvalue weighted by Gasteiger charge is 2.10. The number of benzene rings is 2. The van der Waals surface area contributed by atoms with Gasteiger partial charge in [-0.25, -0.2) is 4.39 Å². The van der Waals surface area contributed by atoms with E-state index < -0.39 is 5.97 Å². The van der Waals surface area contributed by atoms with Crippen LogP contribution in [0.15, 0.2) is 42.5 Å². The minimum absolute atomic E-state index is 0.0519. The van der Waals surface area contributed by atoms with E-state index in [0.717, 1.165) is 10.9 Å². The minimum Gasteiger partial charge on any atom is -0.481 e. The van der Waals surface area contributed by atoms with E-state index in [9.17, 15) is 9.18 Å². The molecule has 0 aliphatic rings. The van der Waals surface area contributed by atoms with Crippen molar-refractivity contribution in [1.29, 1.82) is 0 Å². The Morgan fingerprint density at radius 2 is 2.10 bits per heavy atom. The molecule has 0 aliphatic carbocycles. The van der Waals surface area contributed by atoms with Crippen LogP contribution < -0.4 is 0 Å². The largest absolute Gasteiger partial charge is 0.481 e. The predicted octanol–water partition coefficient (Wildman–Crippen LogP) is 3.00. The number of aliphatic carboxylic acids is 1. The zero-order valence-electron chi connectivity index (χ0n) is 10.4. The molecule has 5 heteroatoms. The van der Waals surface area contributed by atoms with Gasteiger partial charge in [-0.3, -0.25) is 9.89 Å². The number of carbonyl (C=O) groups is 1. The lowest BCUT2D eigenvalue weighted by Gasteiger charge is -2.00. The van der Waals surface area contributed by atoms with Gasteiger partial charge in [0.2, 0.25) is 0 Å². The summed E-state index contributed by atoms with van der Waals surface area (Å²) in [4.78, 5) is 10.8. The van der Waals surface area contributed by atoms with Gasteiger partial charge in [-0.05, 0) is 29.8 Å². The van der Waals surface area contributed by atoms with Crippen molar-refractivity contribution in [3.8, 4) is 11.3 Å². The second-order valence-corrected chi connectivity index (χ2v) is 4.53. The molecule has 20 heavy (non-hydrogen) atoms. The molecule has 3 rings (SSSR count). The number of nitrogens with one attached hydrogen (secondary N) is 1. The fraction of sp³-hybridized carbons (Fsp3) is 0.0667. The molecule has 0 amide bonds. The zero-order chi connectivity index (χ0) is 14.1. The van der Waals surface area contributed by atoms with Crippen LogP contribution in [0.1, 0.15) is 5.56 Å². The topological polar surface area (TPSA) is 66.0 Å². The van der Waals surface area contributed by atoms with Gasteiger partial charge < -0.3 is 5.11 Å². The minimum atomic E-state index is -0.889. The average molecular weight is 270 g/mol. The standard InChI is InChI=1S/C15H11FN2O2/c16-11-3-1-2-10(8-11)15-12-6-9(7-14(19)20)4-5-13(12)17-18-15/h1-6,8H,7H2,(H,17,18)(H,19,20). The third-order valence-electron chi connectivity index (χ3n) is 3.08. The first-order valence-electron chi connectivity index (χ1n) is 6.08. The van der Waals surface area contributed by atoms with Crippen LogP contribution in [0.5, 0.6) is 0 Å². The van der Waals surface area contributed by atoms with Gasteiger partial charge in [-0.15, -0.1) is 0 Å². The van der Waals surface area contributed by atoms with Gasteiger partial charge in [-0.2, -0.15) is 5.10 Å². The van der Waals surface area contributed by atoms with E-state index in [1.807, 2.05) is 0 Å². The monoisotopic (exact) mass is 270 g/mol. The summed E-state index contributed by atoms with van der Waals surface area (Å²) < 4.78 is 13.3. The molecule has 2 N–H and O–H groups in total. The van der Waals surface area contributed by atoms with Gasteiger partial charge in [0, 0.05) is 10.9 Å². The number of carboxylic acid groups (broad SMARTS) is 1. The van der Waals surface area contributed by atoms with Gasteiger partial charge in [-0.1, -0.05) is 18.2 Å². The number of aromatic nitrogens is 2. The fourth-order valence-corrected chi connectivity index (χ4v) is 2.20. The maximum Gasteiger partial charge on any atom is 0.307 e. The highest BCUT2D eigenvalue weighted by molar-refractivity contribution is 5.93. The Morgan fingerprint density at radius 3 is 2.85 bits per heavy atom. The number of carboxylic acids is 1. The summed E-state index contributed by atoms with van der Waals surface area (Å²) in [6, 6.07) is 11.4. The van der Waals surface area contributed by atoms with Gasteiger partial charge >= 0.3 is 5.97 Å². The van der Waals surface area contributed by atoms with Crippen molar-refractivity contribution >= 4 is 16.9 Å². The second kappa shape index (κ2) is 4.77. The SMILES string of the molecule is O=C(O)Cc1ccc2[nH]nc(-c3cccc(F)c3)c2c1. The summed E-state index contributed by atoms with van der Waals surface area (Å²) in [5, 5.41) is 16.7. The molecule has 0 aliphatic heterocycles. The predicted molar refractivity (Wildman–Crippen MR) is 72.8 cm³/mol. The molecule has 3 aromatic rings. The van der Waals surface area contributed by atoms with Gasteiger partial charge in [0.25, 0.3) is 0 Å². The summed E-state index contributed by atoms with van der Waals surface area (Å²) in [5.41, 5.74) is 2.75. The molecule has 0 atom stereocenters. The van der Waals surface area contributed by atoms with E-state index in [1.54, 1.807) is 30.3 Å². The lowest BCUT2D eigenvalue weighted by atomic mass is 10.0. The van der Waals surface area contributed by atoms with Crippen LogP contribution in [-0.2, 0) is 11.2 Å². The van der Waals surface area contributed by atoms with Crippen molar-refractivity contribution in [2.24, 2.45) is 0 Å². The first-order valence-corrected chi connectivity index (χ1v) is 6.08. The Labute approximate surface area is 113 Å². The van der Waals surface area contributed by atoms with Crippen LogP contribution in [0, 0.1) is 5.82 Å². The number of nitrogens with zero attached hydrogens (tertiary/aromatic N) is 1. The van der Waals surface area contributed by atoms with Gasteiger partial charge in [0.15, 0.2) is 0 Å². The number of fused-ring (bicyclic) bond motifs is 1. The summed E-state index contributed by atoms with van der Waals surface area (Å²) in [7, 11) is 0. The maximum absolute atomic E-state index is 13.3. The highest BCUT2D eigenvalue weighted by atomic mass is 19.1. The van der Waals surface area contributed by atoms with E-state index in [0.29, 0.717) is 16.8 Å². The zero-order valence-corrected chi connectivity index (χ0v) is 10.4. The van der Waals surface area contributed by atoms with Crippen molar-refractivity contribution in [2.45, 2.75) is 6.42 Å². The summed E-state index contributed by atoms with van der Waals surface area (Å²) in [6.45, 7) is 0. The molecule has 0 fully saturated rings. The van der Waals surface area contributed by atoms with E-state index in [-0.39, 0.29) is 12.2 Å². The van der Waals surface area contributed by atoms with E-state index in [2.05, 4.69) is 10.2 Å². The molecule has 0 saturated heterocycles. The number of H-pyrrole nitrogens is 1. The lowest BCUT2D eigenvalue weighted by molar-refractivity contribution is -0.136. The quantitative estimate of drug-likeness (QED) is 0.768. The number of halogens is 1. The lowest BCUT2D eigenvalue weighted by Crippen LogP contribution is -1.99.